The minimum atomic E-state index is -0.0820. The van der Waals surface area contributed by atoms with E-state index in [0.29, 0.717) is 16.5 Å². The van der Waals surface area contributed by atoms with Gasteiger partial charge in [0.2, 0.25) is 0 Å². The van der Waals surface area contributed by atoms with E-state index in [4.69, 9.17) is 5.26 Å². The van der Waals surface area contributed by atoms with Crippen molar-refractivity contribution in [3.8, 4) is 16.5 Å². The SMILES string of the molecule is N#Cc1cccc(-c2cnc(C(=O)N[C@H]3CN4CCC3CC4)s2)c1. The predicted molar refractivity (Wildman–Crippen MR) is 92.7 cm³/mol. The Morgan fingerprint density at radius 1 is 1.38 bits per heavy atom. The summed E-state index contributed by atoms with van der Waals surface area (Å²) in [6.07, 6.45) is 4.07. The number of fused-ring (bicyclic) bond motifs is 3. The molecule has 3 fully saturated rings. The lowest BCUT2D eigenvalue weighted by Gasteiger charge is -2.44. The molecule has 0 unspecified atom stereocenters. The number of piperidine rings is 3. The first-order chi connectivity index (χ1) is 11.7. The first-order valence-electron chi connectivity index (χ1n) is 8.22. The smallest absolute Gasteiger partial charge is 0.280 e. The molecule has 1 aromatic carbocycles. The summed E-state index contributed by atoms with van der Waals surface area (Å²) in [7, 11) is 0. The second kappa shape index (κ2) is 6.34. The molecule has 2 aromatic rings. The summed E-state index contributed by atoms with van der Waals surface area (Å²) in [6, 6.07) is 9.75. The van der Waals surface area contributed by atoms with Crippen molar-refractivity contribution in [2.45, 2.75) is 18.9 Å². The van der Waals surface area contributed by atoms with Crippen LogP contribution < -0.4 is 5.32 Å². The average Bonchev–Trinajstić information content (AvgIpc) is 3.13. The Bertz CT molecular complexity index is 801. The van der Waals surface area contributed by atoms with Gasteiger partial charge in [-0.2, -0.15) is 5.26 Å². The average molecular weight is 338 g/mol. The molecule has 24 heavy (non-hydrogen) atoms. The van der Waals surface area contributed by atoms with Crippen LogP contribution in [0.15, 0.2) is 30.5 Å². The van der Waals surface area contributed by atoms with Crippen molar-refractivity contribution < 1.29 is 4.79 Å². The van der Waals surface area contributed by atoms with Crippen molar-refractivity contribution in [2.24, 2.45) is 5.92 Å². The van der Waals surface area contributed by atoms with Gasteiger partial charge >= 0.3 is 0 Å². The van der Waals surface area contributed by atoms with Gasteiger partial charge in [0.15, 0.2) is 5.01 Å². The first-order valence-corrected chi connectivity index (χ1v) is 9.04. The highest BCUT2D eigenvalue weighted by Gasteiger charge is 2.35. The van der Waals surface area contributed by atoms with Crippen LogP contribution in [-0.2, 0) is 0 Å². The molecule has 1 atom stereocenters. The van der Waals surface area contributed by atoms with E-state index in [-0.39, 0.29) is 11.9 Å². The maximum atomic E-state index is 12.5. The lowest BCUT2D eigenvalue weighted by molar-refractivity contribution is 0.0620. The Labute approximate surface area is 144 Å². The van der Waals surface area contributed by atoms with E-state index in [1.54, 1.807) is 12.3 Å². The molecule has 0 saturated carbocycles. The van der Waals surface area contributed by atoms with Gasteiger partial charge in [-0.1, -0.05) is 12.1 Å². The Balaban J connectivity index is 1.48. The molecule has 0 radical (unpaired) electrons. The number of benzene rings is 1. The van der Waals surface area contributed by atoms with E-state index < -0.39 is 0 Å². The van der Waals surface area contributed by atoms with E-state index in [1.165, 1.54) is 24.2 Å². The zero-order valence-corrected chi connectivity index (χ0v) is 14.1. The lowest BCUT2D eigenvalue weighted by Crippen LogP contribution is -2.57. The Morgan fingerprint density at radius 2 is 2.21 bits per heavy atom. The third-order valence-corrected chi connectivity index (χ3v) is 5.99. The zero-order chi connectivity index (χ0) is 16.5. The highest BCUT2D eigenvalue weighted by molar-refractivity contribution is 7.16. The van der Waals surface area contributed by atoms with Crippen LogP contribution in [0.1, 0.15) is 28.2 Å². The molecule has 3 saturated heterocycles. The van der Waals surface area contributed by atoms with Crippen LogP contribution in [0.25, 0.3) is 10.4 Å². The second-order valence-corrected chi connectivity index (χ2v) is 7.47. The maximum absolute atomic E-state index is 12.5. The van der Waals surface area contributed by atoms with Crippen LogP contribution in [-0.4, -0.2) is 41.5 Å². The Morgan fingerprint density at radius 3 is 2.92 bits per heavy atom. The number of carbonyl (C=O) groups excluding carboxylic acids is 1. The number of rotatable bonds is 3. The highest BCUT2D eigenvalue weighted by atomic mass is 32.1. The van der Waals surface area contributed by atoms with Crippen LogP contribution in [0.3, 0.4) is 0 Å². The number of amides is 1. The third kappa shape index (κ3) is 2.93. The normalized spacial score (nSPS) is 25.2. The maximum Gasteiger partial charge on any atom is 0.280 e. The number of hydrogen-bond donors (Lipinski definition) is 1. The molecule has 4 heterocycles. The van der Waals surface area contributed by atoms with Gasteiger partial charge in [0.1, 0.15) is 0 Å². The van der Waals surface area contributed by atoms with Gasteiger partial charge < -0.3 is 10.2 Å². The van der Waals surface area contributed by atoms with E-state index in [1.807, 2.05) is 18.2 Å². The molecule has 2 bridgehead atoms. The molecule has 6 heteroatoms. The summed E-state index contributed by atoms with van der Waals surface area (Å²) in [5.74, 6) is 0.520. The lowest BCUT2D eigenvalue weighted by atomic mass is 9.84. The molecule has 5 nitrogen and oxygen atoms in total. The number of carbonyl (C=O) groups is 1. The molecule has 1 aromatic heterocycles. The molecule has 1 amide bonds. The summed E-state index contributed by atoms with van der Waals surface area (Å²) in [6.45, 7) is 3.28. The van der Waals surface area contributed by atoms with Crippen molar-refractivity contribution in [2.75, 3.05) is 19.6 Å². The Kier molecular flexibility index (Phi) is 4.05. The van der Waals surface area contributed by atoms with Crippen LogP contribution in [0, 0.1) is 17.2 Å². The van der Waals surface area contributed by atoms with Gasteiger partial charge in [-0.25, -0.2) is 4.98 Å². The van der Waals surface area contributed by atoms with E-state index in [9.17, 15) is 4.79 Å². The van der Waals surface area contributed by atoms with Crippen LogP contribution >= 0.6 is 11.3 Å². The van der Waals surface area contributed by atoms with Crippen molar-refractivity contribution in [3.63, 3.8) is 0 Å². The number of hydrogen-bond acceptors (Lipinski definition) is 5. The molecule has 1 N–H and O–H groups in total. The summed E-state index contributed by atoms with van der Waals surface area (Å²) in [4.78, 5) is 20.1. The molecular formula is C18H18N4OS. The van der Waals surface area contributed by atoms with Gasteiger partial charge in [0, 0.05) is 18.8 Å². The van der Waals surface area contributed by atoms with Crippen molar-refractivity contribution >= 4 is 17.2 Å². The minimum absolute atomic E-state index is 0.0820. The minimum Gasteiger partial charge on any atom is -0.346 e. The largest absolute Gasteiger partial charge is 0.346 e. The fraction of sp³-hybridized carbons (Fsp3) is 0.389. The van der Waals surface area contributed by atoms with Gasteiger partial charge in [-0.05, 0) is 49.5 Å². The van der Waals surface area contributed by atoms with Gasteiger partial charge in [0.25, 0.3) is 5.91 Å². The molecule has 3 aliphatic rings. The quantitative estimate of drug-likeness (QED) is 0.933. The predicted octanol–water partition coefficient (Wildman–Crippen LogP) is 2.51. The van der Waals surface area contributed by atoms with Gasteiger partial charge in [0.05, 0.1) is 16.5 Å². The zero-order valence-electron chi connectivity index (χ0n) is 13.2. The number of aromatic nitrogens is 1. The summed E-state index contributed by atoms with van der Waals surface area (Å²) >= 11 is 1.38. The fourth-order valence-corrected chi connectivity index (χ4v) is 4.43. The molecule has 3 aliphatic heterocycles. The van der Waals surface area contributed by atoms with Gasteiger partial charge in [-0.3, -0.25) is 4.79 Å². The summed E-state index contributed by atoms with van der Waals surface area (Å²) in [5.41, 5.74) is 1.53. The van der Waals surface area contributed by atoms with Crippen molar-refractivity contribution in [1.82, 2.24) is 15.2 Å². The topological polar surface area (TPSA) is 69.0 Å². The number of thiazole rings is 1. The highest BCUT2D eigenvalue weighted by Crippen LogP contribution is 2.29. The van der Waals surface area contributed by atoms with E-state index in [2.05, 4.69) is 21.3 Å². The second-order valence-electron chi connectivity index (χ2n) is 6.44. The van der Waals surface area contributed by atoms with E-state index in [0.717, 1.165) is 30.1 Å². The first kappa shape index (κ1) is 15.3. The van der Waals surface area contributed by atoms with Crippen molar-refractivity contribution in [1.29, 1.82) is 5.26 Å². The molecule has 122 valence electrons. The Hall–Kier alpha value is -2.23. The van der Waals surface area contributed by atoms with E-state index >= 15 is 0 Å². The standard InChI is InChI=1S/C18H18N4OS/c19-9-12-2-1-3-14(8-12)16-10-20-18(24-16)17(23)21-15-11-22-6-4-13(15)5-7-22/h1-3,8,10,13,15H,4-7,11H2,(H,21,23)/t15-/m0/s1. The summed E-state index contributed by atoms with van der Waals surface area (Å²) in [5, 5.41) is 12.7. The molecule has 0 spiro atoms. The van der Waals surface area contributed by atoms with Crippen LogP contribution in [0.5, 0.6) is 0 Å². The number of nitriles is 1. The summed E-state index contributed by atoms with van der Waals surface area (Å²) < 4.78 is 0. The number of nitrogens with zero attached hydrogens (tertiary/aromatic N) is 3. The monoisotopic (exact) mass is 338 g/mol. The molecule has 5 rings (SSSR count). The van der Waals surface area contributed by atoms with Crippen LogP contribution in [0.4, 0.5) is 0 Å². The third-order valence-electron chi connectivity index (χ3n) is 4.95. The molecule has 0 aliphatic carbocycles. The van der Waals surface area contributed by atoms with Gasteiger partial charge in [-0.15, -0.1) is 11.3 Å². The fourth-order valence-electron chi connectivity index (χ4n) is 3.61. The number of nitrogens with one attached hydrogen (secondary N) is 1. The molecular weight excluding hydrogens is 320 g/mol. The van der Waals surface area contributed by atoms with Crippen molar-refractivity contribution in [3.05, 3.63) is 41.0 Å². The van der Waals surface area contributed by atoms with Crippen LogP contribution in [0.2, 0.25) is 0 Å².